The molecule has 1 rings (SSSR count). The van der Waals surface area contributed by atoms with Gasteiger partial charge >= 0.3 is 11.9 Å². The fourth-order valence-corrected chi connectivity index (χ4v) is 8.13. The number of rotatable bonds is 8. The van der Waals surface area contributed by atoms with Gasteiger partial charge in [0.1, 0.15) is 6.04 Å². The maximum atomic E-state index is 13.4. The lowest BCUT2D eigenvalue weighted by molar-refractivity contribution is -0.162. The van der Waals surface area contributed by atoms with Crippen LogP contribution >= 0.6 is 0 Å². The van der Waals surface area contributed by atoms with Crippen molar-refractivity contribution in [3.05, 3.63) is 0 Å². The van der Waals surface area contributed by atoms with Crippen LogP contribution in [0.5, 0.6) is 0 Å². The largest absolute Gasteiger partial charge is 0.481 e. The fraction of sp³-hybridized carbons (Fsp3) is 0.885. The van der Waals surface area contributed by atoms with E-state index in [0.717, 1.165) is 0 Å². The van der Waals surface area contributed by atoms with E-state index in [2.05, 4.69) is 73.0 Å². The predicted molar refractivity (Wildman–Crippen MR) is 157 cm³/mol. The lowest BCUT2D eigenvalue weighted by Crippen LogP contribution is -2.69. The molecule has 1 fully saturated rings. The molecule has 38 heavy (non-hydrogen) atoms. The average Bonchev–Trinajstić information content (AvgIpc) is 2.69. The second kappa shape index (κ2) is 11.1. The summed E-state index contributed by atoms with van der Waals surface area (Å²) in [6.45, 7) is 28.0. The van der Waals surface area contributed by atoms with Crippen LogP contribution in [-0.4, -0.2) is 78.5 Å². The Kier molecular flexibility index (Phi) is 10.2. The molecule has 222 valence electrons. The molecule has 0 radical (unpaired) electrons. The number of hydrogen-bond donors (Lipinski definition) is 3. The third kappa shape index (κ3) is 7.17. The molecule has 0 aliphatic carbocycles. The number of carbonyl (C=O) groups is 3. The van der Waals surface area contributed by atoms with Crippen molar-refractivity contribution in [1.82, 2.24) is 5.32 Å². The molecule has 0 saturated carbocycles. The van der Waals surface area contributed by atoms with Gasteiger partial charge in [-0.2, -0.15) is 0 Å². The molecule has 3 atom stereocenters. The van der Waals surface area contributed by atoms with Gasteiger partial charge in [0, 0.05) is 19.8 Å². The molecule has 1 heterocycles. The summed E-state index contributed by atoms with van der Waals surface area (Å²) in [5.74, 6) is -4.26. The standard InChI is InChI=1S/C26H53NO8Si3/c1-23(2,3)36(10,11)33-15-26(16-34-37(12,13)24(4,5)6)17-35-38(14,25(7,8)9)22(32)27-19(21(30)31)18(26)20(28)29/h18-19H,15-17H2,1-14H3,(H,27,32)(H,28,29)(H,30,31). The van der Waals surface area contributed by atoms with E-state index in [9.17, 15) is 24.6 Å². The molecule has 0 bridgehead atoms. The molecule has 1 saturated heterocycles. The van der Waals surface area contributed by atoms with Crippen molar-refractivity contribution in [3.63, 3.8) is 0 Å². The molecule has 0 aromatic rings. The van der Waals surface area contributed by atoms with Crippen LogP contribution in [0, 0.1) is 11.3 Å². The zero-order valence-corrected chi connectivity index (χ0v) is 29.1. The van der Waals surface area contributed by atoms with E-state index in [1.807, 2.05) is 20.8 Å². The van der Waals surface area contributed by atoms with Crippen molar-refractivity contribution < 1.29 is 37.9 Å². The van der Waals surface area contributed by atoms with Crippen molar-refractivity contribution in [2.24, 2.45) is 11.3 Å². The number of aliphatic carboxylic acids is 2. The Morgan fingerprint density at radius 1 is 0.921 bits per heavy atom. The summed E-state index contributed by atoms with van der Waals surface area (Å²) in [4.78, 5) is 38.9. The molecule has 3 N–H and O–H groups in total. The van der Waals surface area contributed by atoms with Crippen LogP contribution in [0.15, 0.2) is 0 Å². The van der Waals surface area contributed by atoms with Gasteiger partial charge in [-0.1, -0.05) is 62.3 Å². The zero-order valence-electron chi connectivity index (χ0n) is 26.1. The Hall–Kier alpha value is -1.06. The van der Waals surface area contributed by atoms with E-state index in [1.165, 1.54) is 0 Å². The molecular weight excluding hydrogens is 539 g/mol. The van der Waals surface area contributed by atoms with E-state index in [4.69, 9.17) is 13.3 Å². The molecule has 0 aromatic carbocycles. The normalized spacial score (nSPS) is 25.8. The second-order valence-electron chi connectivity index (χ2n) is 15.1. The summed E-state index contributed by atoms with van der Waals surface area (Å²) < 4.78 is 19.7. The molecule has 9 nitrogen and oxygen atoms in total. The lowest BCUT2D eigenvalue weighted by atomic mass is 9.73. The molecule has 1 amide bonds. The summed E-state index contributed by atoms with van der Waals surface area (Å²) in [6.07, 6.45) is 0. The number of carboxylic acid groups (broad SMARTS) is 2. The predicted octanol–water partition coefficient (Wildman–Crippen LogP) is 5.87. The molecule has 0 spiro atoms. The lowest BCUT2D eigenvalue weighted by Gasteiger charge is -2.50. The number of carboxylic acids is 2. The molecular formula is C26H53NO8Si3. The van der Waals surface area contributed by atoms with Gasteiger partial charge in [-0.25, -0.2) is 4.79 Å². The summed E-state index contributed by atoms with van der Waals surface area (Å²) in [7, 11) is -8.07. The van der Waals surface area contributed by atoms with Crippen molar-refractivity contribution in [1.29, 1.82) is 0 Å². The van der Waals surface area contributed by atoms with E-state index >= 15 is 0 Å². The second-order valence-corrected chi connectivity index (χ2v) is 29.1. The smallest absolute Gasteiger partial charge is 0.327 e. The number of nitrogens with one attached hydrogen (secondary N) is 1. The van der Waals surface area contributed by atoms with Crippen LogP contribution < -0.4 is 5.32 Å². The van der Waals surface area contributed by atoms with Gasteiger partial charge in [0.2, 0.25) is 5.53 Å². The third-order valence-corrected chi connectivity index (χ3v) is 22.9. The SMILES string of the molecule is CC(C)(C)[Si](C)(C)OCC1(CO[Si](C)(C)C(C)(C)C)CO[Si](C)(C(C)(C)C)C(=O)NC(C(=O)O)C1C(=O)O. The minimum atomic E-state index is -3.28. The highest BCUT2D eigenvalue weighted by molar-refractivity contribution is 7.02. The van der Waals surface area contributed by atoms with Crippen molar-refractivity contribution in [3.8, 4) is 0 Å². The first kappa shape index (κ1) is 35.0. The van der Waals surface area contributed by atoms with Crippen LogP contribution in [0.25, 0.3) is 0 Å². The zero-order chi connectivity index (χ0) is 30.3. The van der Waals surface area contributed by atoms with E-state index in [-0.39, 0.29) is 29.9 Å². The van der Waals surface area contributed by atoms with Gasteiger partial charge in [0.05, 0.1) is 11.3 Å². The summed E-state index contributed by atoms with van der Waals surface area (Å²) in [6, 6.07) is -1.66. The first-order valence-corrected chi connectivity index (χ1v) is 21.6. The minimum Gasteiger partial charge on any atom is -0.481 e. The van der Waals surface area contributed by atoms with E-state index in [0.29, 0.717) is 0 Å². The Balaban J connectivity index is 3.88. The van der Waals surface area contributed by atoms with Crippen molar-refractivity contribution in [2.45, 2.75) is 116 Å². The molecule has 3 unspecified atom stereocenters. The quantitative estimate of drug-likeness (QED) is 0.299. The fourth-order valence-electron chi connectivity index (χ4n) is 3.71. The third-order valence-electron chi connectivity index (χ3n) is 9.38. The monoisotopic (exact) mass is 591 g/mol. The van der Waals surface area contributed by atoms with Crippen LogP contribution in [0.1, 0.15) is 62.3 Å². The Morgan fingerprint density at radius 2 is 1.32 bits per heavy atom. The summed E-state index contributed by atoms with van der Waals surface area (Å²) in [5, 5.41) is 22.4. The van der Waals surface area contributed by atoms with Crippen LogP contribution in [0.3, 0.4) is 0 Å². The molecule has 1 aliphatic heterocycles. The maximum absolute atomic E-state index is 13.4. The molecule has 0 aromatic heterocycles. The van der Waals surface area contributed by atoms with Gasteiger partial charge in [-0.3, -0.25) is 9.59 Å². The minimum absolute atomic E-state index is 0.0522. The summed E-state index contributed by atoms with van der Waals surface area (Å²) >= 11 is 0. The Bertz CT molecular complexity index is 872. The van der Waals surface area contributed by atoms with Crippen molar-refractivity contribution in [2.75, 3.05) is 19.8 Å². The number of carbonyl (C=O) groups excluding carboxylic acids is 1. The maximum Gasteiger partial charge on any atom is 0.327 e. The topological polar surface area (TPSA) is 131 Å². The van der Waals surface area contributed by atoms with Gasteiger partial charge in [-0.05, 0) is 47.8 Å². The highest BCUT2D eigenvalue weighted by Crippen LogP contribution is 2.46. The first-order valence-electron chi connectivity index (χ1n) is 13.3. The van der Waals surface area contributed by atoms with E-state index < -0.39 is 64.8 Å². The van der Waals surface area contributed by atoms with Crippen LogP contribution in [-0.2, 0) is 22.9 Å². The highest BCUT2D eigenvalue weighted by Gasteiger charge is 2.60. The highest BCUT2D eigenvalue weighted by atomic mass is 28.4. The molecule has 1 aliphatic rings. The number of amides is 1. The summed E-state index contributed by atoms with van der Waals surface area (Å²) in [5.41, 5.74) is -1.87. The average molecular weight is 592 g/mol. The van der Waals surface area contributed by atoms with Gasteiger partial charge in [0.25, 0.3) is 8.32 Å². The first-order chi connectivity index (χ1) is 16.7. The Labute approximate surface area is 232 Å². The van der Waals surface area contributed by atoms with E-state index in [1.54, 1.807) is 6.55 Å². The number of hydrogen-bond acceptors (Lipinski definition) is 6. The van der Waals surface area contributed by atoms with Crippen LogP contribution in [0.2, 0.25) is 47.8 Å². The van der Waals surface area contributed by atoms with Crippen LogP contribution in [0.4, 0.5) is 4.79 Å². The Morgan fingerprint density at radius 3 is 1.61 bits per heavy atom. The van der Waals surface area contributed by atoms with Gasteiger partial charge in [0.15, 0.2) is 16.6 Å². The van der Waals surface area contributed by atoms with Crippen molar-refractivity contribution >= 4 is 42.4 Å². The molecule has 12 heteroatoms. The van der Waals surface area contributed by atoms with Gasteiger partial charge in [-0.15, -0.1) is 0 Å². The van der Waals surface area contributed by atoms with Gasteiger partial charge < -0.3 is 28.8 Å².